The van der Waals surface area contributed by atoms with Crippen LogP contribution in [0.15, 0.2) is 28.7 Å². The van der Waals surface area contributed by atoms with Gasteiger partial charge in [0, 0.05) is 24.1 Å². The van der Waals surface area contributed by atoms with Crippen molar-refractivity contribution >= 4 is 21.8 Å². The number of nitrogens with one attached hydrogen (secondary N) is 2. The van der Waals surface area contributed by atoms with Gasteiger partial charge in [-0.1, -0.05) is 28.1 Å². The summed E-state index contributed by atoms with van der Waals surface area (Å²) in [6.07, 6.45) is 0. The van der Waals surface area contributed by atoms with Crippen LogP contribution in [0.25, 0.3) is 0 Å². The Hall–Kier alpha value is -0.910. The molecule has 0 saturated carbocycles. The minimum Gasteiger partial charge on any atom is -0.363 e. The molecule has 0 radical (unpaired) electrons. The standard InChI is InChI=1S/C13H17BrN2O2/c1-13(8-15-9-13)18-7-12(17)16-6-10-2-4-11(14)5-3-10/h2-5,15H,6-9H2,1H3,(H,16,17). The van der Waals surface area contributed by atoms with Gasteiger partial charge in [0.15, 0.2) is 0 Å². The summed E-state index contributed by atoms with van der Waals surface area (Å²) in [6, 6.07) is 7.86. The SMILES string of the molecule is CC1(OCC(=O)NCc2ccc(Br)cc2)CNC1. The van der Waals surface area contributed by atoms with E-state index in [1.807, 2.05) is 31.2 Å². The Morgan fingerprint density at radius 3 is 2.67 bits per heavy atom. The van der Waals surface area contributed by atoms with Gasteiger partial charge in [0.25, 0.3) is 0 Å². The van der Waals surface area contributed by atoms with E-state index in [1.54, 1.807) is 0 Å². The molecule has 1 heterocycles. The molecule has 0 bridgehead atoms. The summed E-state index contributed by atoms with van der Waals surface area (Å²) in [4.78, 5) is 11.6. The fraction of sp³-hybridized carbons (Fsp3) is 0.462. The van der Waals surface area contributed by atoms with Crippen LogP contribution in [0.1, 0.15) is 12.5 Å². The average molecular weight is 313 g/mol. The van der Waals surface area contributed by atoms with Gasteiger partial charge in [-0.3, -0.25) is 4.79 Å². The van der Waals surface area contributed by atoms with E-state index in [2.05, 4.69) is 26.6 Å². The van der Waals surface area contributed by atoms with Crippen molar-refractivity contribution in [2.24, 2.45) is 0 Å². The molecule has 2 rings (SSSR count). The van der Waals surface area contributed by atoms with E-state index in [-0.39, 0.29) is 18.1 Å². The van der Waals surface area contributed by atoms with Gasteiger partial charge in [0.05, 0.1) is 5.60 Å². The Kier molecular flexibility index (Phi) is 4.37. The minimum absolute atomic E-state index is 0.0777. The summed E-state index contributed by atoms with van der Waals surface area (Å²) in [7, 11) is 0. The molecule has 0 atom stereocenters. The first-order chi connectivity index (χ1) is 8.57. The smallest absolute Gasteiger partial charge is 0.246 e. The molecule has 1 fully saturated rings. The third-order valence-corrected chi connectivity index (χ3v) is 3.48. The van der Waals surface area contributed by atoms with Crippen molar-refractivity contribution in [3.8, 4) is 0 Å². The zero-order chi connectivity index (χ0) is 13.0. The van der Waals surface area contributed by atoms with E-state index in [0.29, 0.717) is 6.54 Å². The average Bonchev–Trinajstić information content (AvgIpc) is 2.33. The Bertz CT molecular complexity index is 416. The number of hydrogen-bond donors (Lipinski definition) is 2. The van der Waals surface area contributed by atoms with Crippen molar-refractivity contribution in [1.29, 1.82) is 0 Å². The molecule has 98 valence electrons. The van der Waals surface area contributed by atoms with Crippen molar-refractivity contribution in [3.63, 3.8) is 0 Å². The summed E-state index contributed by atoms with van der Waals surface area (Å²) < 4.78 is 6.59. The second kappa shape index (κ2) is 5.82. The van der Waals surface area contributed by atoms with Crippen LogP contribution in [0.3, 0.4) is 0 Å². The molecule has 4 nitrogen and oxygen atoms in total. The van der Waals surface area contributed by atoms with Crippen LogP contribution in [-0.4, -0.2) is 31.2 Å². The monoisotopic (exact) mass is 312 g/mol. The van der Waals surface area contributed by atoms with Gasteiger partial charge in [-0.25, -0.2) is 0 Å². The molecule has 1 saturated heterocycles. The summed E-state index contributed by atoms with van der Waals surface area (Å²) in [6.45, 7) is 4.28. The lowest BCUT2D eigenvalue weighted by molar-refractivity contribution is -0.136. The van der Waals surface area contributed by atoms with Crippen LogP contribution in [0.2, 0.25) is 0 Å². The molecule has 1 aromatic rings. The molecule has 1 amide bonds. The van der Waals surface area contributed by atoms with Crippen LogP contribution in [0.5, 0.6) is 0 Å². The number of amides is 1. The van der Waals surface area contributed by atoms with Crippen molar-refractivity contribution < 1.29 is 9.53 Å². The van der Waals surface area contributed by atoms with E-state index in [4.69, 9.17) is 4.74 Å². The van der Waals surface area contributed by atoms with Crippen molar-refractivity contribution in [2.75, 3.05) is 19.7 Å². The van der Waals surface area contributed by atoms with E-state index in [1.165, 1.54) is 0 Å². The first-order valence-corrected chi connectivity index (χ1v) is 6.73. The van der Waals surface area contributed by atoms with Gasteiger partial charge >= 0.3 is 0 Å². The van der Waals surface area contributed by atoms with E-state index < -0.39 is 0 Å². The summed E-state index contributed by atoms with van der Waals surface area (Å²) in [5.74, 6) is -0.0777. The Balaban J connectivity index is 1.69. The molecule has 0 unspecified atom stereocenters. The molecule has 2 N–H and O–H groups in total. The van der Waals surface area contributed by atoms with Crippen LogP contribution < -0.4 is 10.6 Å². The molecule has 5 heteroatoms. The maximum Gasteiger partial charge on any atom is 0.246 e. The second-order valence-electron chi connectivity index (χ2n) is 4.75. The number of hydrogen-bond acceptors (Lipinski definition) is 3. The lowest BCUT2D eigenvalue weighted by Gasteiger charge is -2.38. The van der Waals surface area contributed by atoms with E-state index in [9.17, 15) is 4.79 Å². The van der Waals surface area contributed by atoms with Gasteiger partial charge in [0.1, 0.15) is 6.61 Å². The summed E-state index contributed by atoms with van der Waals surface area (Å²) >= 11 is 3.37. The normalized spacial score (nSPS) is 17.0. The van der Waals surface area contributed by atoms with Crippen LogP contribution in [0, 0.1) is 0 Å². The van der Waals surface area contributed by atoms with Gasteiger partial charge < -0.3 is 15.4 Å². The zero-order valence-electron chi connectivity index (χ0n) is 10.3. The summed E-state index contributed by atoms with van der Waals surface area (Å²) in [5.41, 5.74) is 0.901. The van der Waals surface area contributed by atoms with Crippen molar-refractivity contribution in [3.05, 3.63) is 34.3 Å². The van der Waals surface area contributed by atoms with E-state index in [0.717, 1.165) is 23.1 Å². The highest BCUT2D eigenvalue weighted by Crippen LogP contribution is 2.14. The number of ether oxygens (including phenoxy) is 1. The number of benzene rings is 1. The fourth-order valence-corrected chi connectivity index (χ4v) is 1.94. The minimum atomic E-state index is -0.172. The molecule has 1 aliphatic heterocycles. The molecule has 0 aliphatic carbocycles. The Morgan fingerprint density at radius 1 is 1.44 bits per heavy atom. The Morgan fingerprint density at radius 2 is 2.11 bits per heavy atom. The highest BCUT2D eigenvalue weighted by atomic mass is 79.9. The molecule has 1 aromatic carbocycles. The van der Waals surface area contributed by atoms with Crippen molar-refractivity contribution in [2.45, 2.75) is 19.1 Å². The van der Waals surface area contributed by atoms with Gasteiger partial charge in [-0.05, 0) is 24.6 Å². The molecular weight excluding hydrogens is 296 g/mol. The summed E-state index contributed by atoms with van der Waals surface area (Å²) in [5, 5.41) is 5.97. The highest BCUT2D eigenvalue weighted by Gasteiger charge is 2.32. The maximum atomic E-state index is 11.6. The van der Waals surface area contributed by atoms with Crippen LogP contribution in [-0.2, 0) is 16.1 Å². The first kappa shape index (κ1) is 13.5. The van der Waals surface area contributed by atoms with E-state index >= 15 is 0 Å². The third kappa shape index (κ3) is 3.80. The van der Waals surface area contributed by atoms with Gasteiger partial charge in [0.2, 0.25) is 5.91 Å². The van der Waals surface area contributed by atoms with Crippen LogP contribution >= 0.6 is 15.9 Å². The largest absolute Gasteiger partial charge is 0.363 e. The number of carbonyl (C=O) groups excluding carboxylic acids is 1. The zero-order valence-corrected chi connectivity index (χ0v) is 11.9. The molecular formula is C13H17BrN2O2. The molecule has 0 spiro atoms. The predicted molar refractivity (Wildman–Crippen MR) is 73.2 cm³/mol. The quantitative estimate of drug-likeness (QED) is 0.865. The highest BCUT2D eigenvalue weighted by molar-refractivity contribution is 9.10. The first-order valence-electron chi connectivity index (χ1n) is 5.93. The predicted octanol–water partition coefficient (Wildman–Crippen LogP) is 1.44. The number of rotatable bonds is 5. The number of carbonyl (C=O) groups is 1. The number of halogens is 1. The molecule has 18 heavy (non-hydrogen) atoms. The van der Waals surface area contributed by atoms with Crippen LogP contribution in [0.4, 0.5) is 0 Å². The molecule has 0 aromatic heterocycles. The lowest BCUT2D eigenvalue weighted by Crippen LogP contribution is -2.59. The Labute approximate surface area is 115 Å². The maximum absolute atomic E-state index is 11.6. The second-order valence-corrected chi connectivity index (χ2v) is 5.66. The fourth-order valence-electron chi connectivity index (χ4n) is 1.67. The molecule has 1 aliphatic rings. The topological polar surface area (TPSA) is 50.4 Å². The van der Waals surface area contributed by atoms with Gasteiger partial charge in [-0.15, -0.1) is 0 Å². The third-order valence-electron chi connectivity index (χ3n) is 2.95. The van der Waals surface area contributed by atoms with Gasteiger partial charge in [-0.2, -0.15) is 0 Å². The van der Waals surface area contributed by atoms with Crippen molar-refractivity contribution in [1.82, 2.24) is 10.6 Å². The lowest BCUT2D eigenvalue weighted by atomic mass is 10.0.